The third-order valence-corrected chi connectivity index (χ3v) is 16.0. The van der Waals surface area contributed by atoms with Crippen molar-refractivity contribution in [1.29, 1.82) is 0 Å². The first-order chi connectivity index (χ1) is 22.2. The summed E-state index contributed by atoms with van der Waals surface area (Å²) >= 11 is 0. The van der Waals surface area contributed by atoms with Crippen LogP contribution in [-0.2, 0) is 18.9 Å². The molecule has 0 radical (unpaired) electrons. The summed E-state index contributed by atoms with van der Waals surface area (Å²) in [5.41, 5.74) is -1.13. The standard InChI is InChI=1S/C38H62F3NO6/c1-9-45-31(33(5,6)44)23-18-22(2)28-29(47-23)30(43)35(8)25-11-10-24-32(3,4)26(48-27-19-42(16-17-46-27)21-38(39,40)41)12-13-36(24)20-37(25,36)15-14-34(28,35)7/h22-31,43-44H,9-21H2,1-8H3/t22-,23?,24+,25?,26+,27+,28+,29?,30+,31+,34-,35-,36-,37?/m1/s1. The monoisotopic (exact) mass is 685 g/mol. The molecule has 0 aromatic rings. The van der Waals surface area contributed by atoms with Crippen molar-refractivity contribution in [3.05, 3.63) is 0 Å². The fraction of sp³-hybridized carbons (Fsp3) is 1.00. The van der Waals surface area contributed by atoms with Gasteiger partial charge in [-0.15, -0.1) is 0 Å². The molecule has 2 spiro atoms. The number of nitrogens with zero attached hydrogens (tertiary/aromatic N) is 1. The summed E-state index contributed by atoms with van der Waals surface area (Å²) in [6.07, 6.45) is 1.81. The summed E-state index contributed by atoms with van der Waals surface area (Å²) in [7, 11) is 0. The van der Waals surface area contributed by atoms with Gasteiger partial charge in [-0.3, -0.25) is 4.90 Å². The number of halogens is 3. The highest BCUT2D eigenvalue weighted by atomic mass is 19.4. The van der Waals surface area contributed by atoms with Crippen LogP contribution in [0.1, 0.15) is 107 Å². The van der Waals surface area contributed by atoms with Crippen molar-refractivity contribution in [2.24, 2.45) is 50.7 Å². The molecule has 7 aliphatic rings. The third-order valence-electron chi connectivity index (χ3n) is 16.0. The molecule has 7 nitrogen and oxygen atoms in total. The van der Waals surface area contributed by atoms with Crippen LogP contribution in [0.15, 0.2) is 0 Å². The molecule has 10 heteroatoms. The van der Waals surface area contributed by atoms with Crippen LogP contribution in [-0.4, -0.2) is 96.5 Å². The van der Waals surface area contributed by atoms with Crippen LogP contribution >= 0.6 is 0 Å². The molecular weight excluding hydrogens is 623 g/mol. The summed E-state index contributed by atoms with van der Waals surface area (Å²) in [6.45, 7) is 17.6. The minimum atomic E-state index is -4.23. The SMILES string of the molecule is CCO[C@@H](C1C[C@@H](C)[C@H]2C(O1)[C@H](O)[C@@]1(C)C3CC[C@H]4C(C)(C)[C@@H](O[C@H]5CN(CC(F)(F)F)CCO5)CC[C@@]45CC35CC[C@]21C)C(C)(C)O. The van der Waals surface area contributed by atoms with E-state index in [-0.39, 0.29) is 71.0 Å². The van der Waals surface area contributed by atoms with Crippen molar-refractivity contribution in [1.82, 2.24) is 4.90 Å². The summed E-state index contributed by atoms with van der Waals surface area (Å²) < 4.78 is 64.9. The number of rotatable bonds is 7. The summed E-state index contributed by atoms with van der Waals surface area (Å²) in [5.74, 6) is 1.44. The second-order valence-electron chi connectivity index (χ2n) is 18.9. The number of aliphatic hydroxyl groups excluding tert-OH is 1. The Morgan fingerprint density at radius 2 is 1.69 bits per heavy atom. The molecule has 2 aliphatic heterocycles. The van der Waals surface area contributed by atoms with Gasteiger partial charge in [0.1, 0.15) is 6.10 Å². The van der Waals surface area contributed by atoms with Gasteiger partial charge in [0.15, 0.2) is 6.29 Å². The summed E-state index contributed by atoms with van der Waals surface area (Å²) in [5, 5.41) is 23.6. The maximum absolute atomic E-state index is 13.1. The average Bonchev–Trinajstić information content (AvgIpc) is 3.61. The van der Waals surface area contributed by atoms with Crippen LogP contribution in [0.5, 0.6) is 0 Å². The number of hydrogen-bond acceptors (Lipinski definition) is 7. The van der Waals surface area contributed by atoms with Gasteiger partial charge in [0.2, 0.25) is 0 Å². The molecule has 4 unspecified atom stereocenters. The van der Waals surface area contributed by atoms with Gasteiger partial charge in [0, 0.05) is 25.1 Å². The topological polar surface area (TPSA) is 80.6 Å². The van der Waals surface area contributed by atoms with E-state index in [0.717, 1.165) is 38.5 Å². The normalized spacial score (nSPS) is 50.8. The first-order valence-electron chi connectivity index (χ1n) is 19.0. The highest BCUT2D eigenvalue weighted by Gasteiger charge is 2.84. The Hall–Kier alpha value is -0.490. The highest BCUT2D eigenvalue weighted by Crippen LogP contribution is 2.89. The molecule has 0 aromatic heterocycles. The zero-order valence-corrected chi connectivity index (χ0v) is 30.6. The molecule has 0 amide bonds. The first-order valence-corrected chi connectivity index (χ1v) is 19.0. The molecule has 14 atom stereocenters. The predicted octanol–water partition coefficient (Wildman–Crippen LogP) is 6.58. The molecule has 2 saturated heterocycles. The van der Waals surface area contributed by atoms with Gasteiger partial charge >= 0.3 is 6.18 Å². The van der Waals surface area contributed by atoms with Crippen LogP contribution in [0.2, 0.25) is 0 Å². The Kier molecular flexibility index (Phi) is 8.60. The minimum Gasteiger partial charge on any atom is -0.390 e. The van der Waals surface area contributed by atoms with E-state index >= 15 is 0 Å². The molecule has 276 valence electrons. The zero-order chi connectivity index (χ0) is 34.9. The van der Waals surface area contributed by atoms with Gasteiger partial charge in [0.05, 0.1) is 43.2 Å². The fourth-order valence-electron chi connectivity index (χ4n) is 14.0. The third kappa shape index (κ3) is 5.06. The van der Waals surface area contributed by atoms with Gasteiger partial charge < -0.3 is 29.2 Å². The van der Waals surface area contributed by atoms with Gasteiger partial charge in [-0.05, 0) is 117 Å². The van der Waals surface area contributed by atoms with Gasteiger partial charge in [-0.1, -0.05) is 34.6 Å². The van der Waals surface area contributed by atoms with Crippen molar-refractivity contribution < 1.29 is 42.3 Å². The van der Waals surface area contributed by atoms with Crippen molar-refractivity contribution in [3.8, 4) is 0 Å². The van der Waals surface area contributed by atoms with Crippen LogP contribution in [0.25, 0.3) is 0 Å². The van der Waals surface area contributed by atoms with Crippen LogP contribution in [0.3, 0.4) is 0 Å². The number of ether oxygens (including phenoxy) is 4. The smallest absolute Gasteiger partial charge is 0.390 e. The van der Waals surface area contributed by atoms with E-state index in [9.17, 15) is 23.4 Å². The second-order valence-corrected chi connectivity index (χ2v) is 18.9. The van der Waals surface area contributed by atoms with Gasteiger partial charge in [-0.2, -0.15) is 13.2 Å². The Labute approximate surface area is 286 Å². The van der Waals surface area contributed by atoms with Crippen molar-refractivity contribution in [3.63, 3.8) is 0 Å². The summed E-state index contributed by atoms with van der Waals surface area (Å²) in [4.78, 5) is 1.41. The lowest BCUT2D eigenvalue weighted by atomic mass is 9.41. The van der Waals surface area contributed by atoms with E-state index in [4.69, 9.17) is 18.9 Å². The molecular formula is C38H62F3NO6. The Morgan fingerprint density at radius 3 is 2.35 bits per heavy atom. The quantitative estimate of drug-likeness (QED) is 0.314. The molecule has 0 bridgehead atoms. The maximum Gasteiger partial charge on any atom is 0.401 e. The van der Waals surface area contributed by atoms with E-state index in [1.54, 1.807) is 13.8 Å². The van der Waals surface area contributed by atoms with Crippen LogP contribution in [0, 0.1) is 50.7 Å². The molecule has 0 aromatic carbocycles. The molecule has 2 N–H and O–H groups in total. The fourth-order valence-corrected chi connectivity index (χ4v) is 14.0. The average molecular weight is 686 g/mol. The van der Waals surface area contributed by atoms with E-state index in [0.29, 0.717) is 24.4 Å². The molecule has 2 heterocycles. The predicted molar refractivity (Wildman–Crippen MR) is 175 cm³/mol. The molecule has 5 aliphatic carbocycles. The molecule has 5 saturated carbocycles. The largest absolute Gasteiger partial charge is 0.401 e. The molecule has 7 rings (SSSR count). The summed E-state index contributed by atoms with van der Waals surface area (Å²) in [6, 6.07) is 0. The number of hydrogen-bond donors (Lipinski definition) is 2. The number of morpholine rings is 1. The Bertz CT molecular complexity index is 1230. The lowest BCUT2D eigenvalue weighted by molar-refractivity contribution is -0.255. The van der Waals surface area contributed by atoms with E-state index in [2.05, 4.69) is 34.6 Å². The number of fused-ring (bicyclic) bond motifs is 4. The van der Waals surface area contributed by atoms with E-state index < -0.39 is 36.8 Å². The zero-order valence-electron chi connectivity index (χ0n) is 30.6. The molecule has 48 heavy (non-hydrogen) atoms. The van der Waals surface area contributed by atoms with E-state index in [1.165, 1.54) is 17.7 Å². The maximum atomic E-state index is 13.1. The Morgan fingerprint density at radius 1 is 1.00 bits per heavy atom. The second kappa shape index (κ2) is 11.5. The lowest BCUT2D eigenvalue weighted by Gasteiger charge is -2.64. The highest BCUT2D eigenvalue weighted by molar-refractivity contribution is 5.33. The van der Waals surface area contributed by atoms with Gasteiger partial charge in [0.25, 0.3) is 0 Å². The van der Waals surface area contributed by atoms with Gasteiger partial charge in [-0.25, -0.2) is 0 Å². The van der Waals surface area contributed by atoms with Crippen molar-refractivity contribution >= 4 is 0 Å². The minimum absolute atomic E-state index is 0.0553. The van der Waals surface area contributed by atoms with Crippen LogP contribution in [0.4, 0.5) is 13.2 Å². The number of aliphatic hydroxyl groups is 2. The van der Waals surface area contributed by atoms with Crippen molar-refractivity contribution in [2.75, 3.05) is 32.8 Å². The first kappa shape index (κ1) is 35.9. The van der Waals surface area contributed by atoms with Crippen LogP contribution < -0.4 is 0 Å². The van der Waals surface area contributed by atoms with Crippen molar-refractivity contribution in [2.45, 2.75) is 155 Å². The Balaban J connectivity index is 1.11. The van der Waals surface area contributed by atoms with E-state index in [1.807, 2.05) is 6.92 Å². The number of alkyl halides is 3. The molecule has 7 fully saturated rings. The lowest BCUT2D eigenvalue weighted by Crippen LogP contribution is -2.60.